The Morgan fingerprint density at radius 1 is 1.11 bits per heavy atom. The quantitative estimate of drug-likeness (QED) is 0.844. The fourth-order valence-corrected chi connectivity index (χ4v) is 3.35. The van der Waals surface area contributed by atoms with Crippen molar-refractivity contribution in [1.82, 2.24) is 0 Å². The molecule has 2 N–H and O–H groups in total. The van der Waals surface area contributed by atoms with Gasteiger partial charge in [-0.25, -0.2) is 0 Å². The van der Waals surface area contributed by atoms with E-state index in [1.165, 1.54) is 18.4 Å². The van der Waals surface area contributed by atoms with E-state index in [-0.39, 0.29) is 4.90 Å². The maximum absolute atomic E-state index is 12.8. The molecule has 2 aromatic carbocycles. The highest BCUT2D eigenvalue weighted by atomic mass is 32.3. The van der Waals surface area contributed by atoms with Gasteiger partial charge in [0.25, 0.3) is 0 Å². The lowest BCUT2D eigenvalue weighted by molar-refractivity contribution is 0.112. The SMILES string of the molecule is CS(=O)(O)(Nc1ccccc1)c1cccc(C=O)c1. The summed E-state index contributed by atoms with van der Waals surface area (Å²) in [5, 5.41) is 0. The molecule has 0 aliphatic heterocycles. The van der Waals surface area contributed by atoms with Gasteiger partial charge in [0.1, 0.15) is 6.29 Å². The number of benzene rings is 2. The zero-order chi connectivity index (χ0) is 14.0. The van der Waals surface area contributed by atoms with Gasteiger partial charge < -0.3 is 0 Å². The summed E-state index contributed by atoms with van der Waals surface area (Å²) < 4.78 is 25.9. The average Bonchev–Trinajstić information content (AvgIpc) is 2.39. The maximum Gasteiger partial charge on any atom is 0.150 e. The molecule has 2 rings (SSSR count). The van der Waals surface area contributed by atoms with Crippen molar-refractivity contribution in [2.75, 3.05) is 11.0 Å². The highest BCUT2D eigenvalue weighted by Crippen LogP contribution is 2.30. The first-order valence-electron chi connectivity index (χ1n) is 5.67. The smallest absolute Gasteiger partial charge is 0.150 e. The van der Waals surface area contributed by atoms with Gasteiger partial charge in [-0.1, -0.05) is 30.3 Å². The standard InChI is InChI=1S/C14H15NO3S/c1-19(17,18,15-13-7-3-2-4-8-13)14-9-5-6-12(10-14)11-16/h2-11H,1H3,(H2,15,17,18). The Bertz CT molecular complexity index is 661. The molecule has 0 saturated carbocycles. The Balaban J connectivity index is 2.44. The van der Waals surface area contributed by atoms with Crippen molar-refractivity contribution < 1.29 is 13.6 Å². The van der Waals surface area contributed by atoms with Crippen LogP contribution in [-0.2, 0) is 9.53 Å². The number of hydrogen-bond acceptors (Lipinski definition) is 2. The first kappa shape index (κ1) is 13.5. The van der Waals surface area contributed by atoms with Gasteiger partial charge in [-0.05, 0) is 24.3 Å². The van der Waals surface area contributed by atoms with Gasteiger partial charge in [0.2, 0.25) is 0 Å². The fraction of sp³-hybridized carbons (Fsp3) is 0.0714. The predicted octanol–water partition coefficient (Wildman–Crippen LogP) is 2.81. The molecule has 0 atom stereocenters. The number of carbonyl (C=O) groups excluding carboxylic acids is 1. The molecular formula is C14H15NO3S. The molecule has 0 heterocycles. The van der Waals surface area contributed by atoms with E-state index in [4.69, 9.17) is 0 Å². The molecule has 0 spiro atoms. The summed E-state index contributed by atoms with van der Waals surface area (Å²) in [6.07, 6.45) is 1.88. The van der Waals surface area contributed by atoms with Gasteiger partial charge in [-0.3, -0.25) is 14.1 Å². The second-order valence-corrected chi connectivity index (χ2v) is 7.68. The lowest BCUT2D eigenvalue weighted by Crippen LogP contribution is -2.39. The molecule has 4 nitrogen and oxygen atoms in total. The minimum absolute atomic E-state index is 0.186. The largest absolute Gasteiger partial charge is 0.298 e. The number of rotatable bonds is 4. The van der Waals surface area contributed by atoms with Gasteiger partial charge in [0.15, 0.2) is 0 Å². The second-order valence-electron chi connectivity index (χ2n) is 4.44. The molecule has 0 saturated heterocycles. The number of anilines is 1. The summed E-state index contributed by atoms with van der Waals surface area (Å²) in [6.45, 7) is 0. The van der Waals surface area contributed by atoms with Crippen LogP contribution < -0.4 is 4.72 Å². The predicted molar refractivity (Wildman–Crippen MR) is 76.9 cm³/mol. The van der Waals surface area contributed by atoms with Crippen molar-refractivity contribution in [2.24, 2.45) is 0 Å². The maximum atomic E-state index is 12.8. The molecule has 0 amide bonds. The van der Waals surface area contributed by atoms with Crippen LogP contribution in [0.2, 0.25) is 0 Å². The third-order valence-electron chi connectivity index (χ3n) is 2.68. The van der Waals surface area contributed by atoms with E-state index in [1.54, 1.807) is 36.4 Å². The molecule has 0 aliphatic carbocycles. The first-order chi connectivity index (χ1) is 8.89. The summed E-state index contributed by atoms with van der Waals surface area (Å²) >= 11 is 0. The van der Waals surface area contributed by atoms with Crippen LogP contribution in [0.5, 0.6) is 0 Å². The van der Waals surface area contributed by atoms with E-state index in [0.29, 0.717) is 17.5 Å². The highest BCUT2D eigenvalue weighted by Gasteiger charge is 2.23. The minimum atomic E-state index is -4.23. The Kier molecular flexibility index (Phi) is 3.26. The molecule has 0 unspecified atom stereocenters. The van der Waals surface area contributed by atoms with Crippen molar-refractivity contribution in [1.29, 1.82) is 0 Å². The minimum Gasteiger partial charge on any atom is -0.298 e. The fourth-order valence-electron chi connectivity index (χ4n) is 1.73. The van der Waals surface area contributed by atoms with Crippen LogP contribution in [0.25, 0.3) is 0 Å². The normalized spacial score (nSPS) is 13.3. The van der Waals surface area contributed by atoms with Gasteiger partial charge >= 0.3 is 0 Å². The average molecular weight is 277 g/mol. The molecular weight excluding hydrogens is 262 g/mol. The van der Waals surface area contributed by atoms with E-state index in [9.17, 15) is 13.6 Å². The van der Waals surface area contributed by atoms with Crippen molar-refractivity contribution in [2.45, 2.75) is 4.90 Å². The van der Waals surface area contributed by atoms with E-state index in [2.05, 4.69) is 4.72 Å². The Labute approximate surface area is 111 Å². The lowest BCUT2D eigenvalue weighted by Gasteiger charge is -2.40. The Morgan fingerprint density at radius 2 is 1.79 bits per heavy atom. The highest BCUT2D eigenvalue weighted by molar-refractivity contribution is 8.15. The number of para-hydroxylation sites is 1. The number of nitrogens with one attached hydrogen (secondary N) is 1. The van der Waals surface area contributed by atoms with E-state index in [0.717, 1.165) is 0 Å². The van der Waals surface area contributed by atoms with Crippen LogP contribution in [0.1, 0.15) is 10.4 Å². The summed E-state index contributed by atoms with van der Waals surface area (Å²) in [6, 6.07) is 14.9. The van der Waals surface area contributed by atoms with Crippen molar-refractivity contribution in [3.63, 3.8) is 0 Å². The van der Waals surface area contributed by atoms with Crippen LogP contribution in [0, 0.1) is 0 Å². The molecule has 100 valence electrons. The number of carbonyl (C=O) groups is 1. The molecule has 0 radical (unpaired) electrons. The van der Waals surface area contributed by atoms with Crippen LogP contribution in [0.4, 0.5) is 5.69 Å². The molecule has 0 bridgehead atoms. The molecule has 0 aliphatic rings. The summed E-state index contributed by atoms with van der Waals surface area (Å²) in [5.41, 5.74) is 0.906. The molecule has 19 heavy (non-hydrogen) atoms. The topological polar surface area (TPSA) is 66.4 Å². The van der Waals surface area contributed by atoms with Crippen molar-refractivity contribution in [3.8, 4) is 0 Å². The van der Waals surface area contributed by atoms with Crippen LogP contribution >= 0.6 is 0 Å². The second kappa shape index (κ2) is 4.60. The zero-order valence-corrected chi connectivity index (χ0v) is 11.3. The molecule has 0 fully saturated rings. The lowest BCUT2D eigenvalue weighted by atomic mass is 10.2. The molecule has 5 heteroatoms. The molecule has 2 aromatic rings. The first-order valence-corrected chi connectivity index (χ1v) is 8.00. The zero-order valence-electron chi connectivity index (χ0n) is 10.4. The summed E-state index contributed by atoms with van der Waals surface area (Å²) in [5.74, 6) is 0. The van der Waals surface area contributed by atoms with Crippen LogP contribution in [0.15, 0.2) is 59.5 Å². The van der Waals surface area contributed by atoms with Gasteiger partial charge in [0.05, 0.1) is 10.6 Å². The van der Waals surface area contributed by atoms with Crippen LogP contribution in [0.3, 0.4) is 0 Å². The summed E-state index contributed by atoms with van der Waals surface area (Å²) in [4.78, 5) is 10.9. The number of aldehydes is 1. The third kappa shape index (κ3) is 3.07. The van der Waals surface area contributed by atoms with E-state index < -0.39 is 9.53 Å². The van der Waals surface area contributed by atoms with E-state index >= 15 is 0 Å². The van der Waals surface area contributed by atoms with Crippen molar-refractivity contribution in [3.05, 3.63) is 60.2 Å². The van der Waals surface area contributed by atoms with Gasteiger partial charge in [-0.15, -0.1) is 9.53 Å². The van der Waals surface area contributed by atoms with Crippen LogP contribution in [-0.4, -0.2) is 21.3 Å². The molecule has 0 aromatic heterocycles. The van der Waals surface area contributed by atoms with Crippen molar-refractivity contribution >= 4 is 21.5 Å². The Hall–Kier alpha value is -1.98. The third-order valence-corrected chi connectivity index (χ3v) is 4.76. The number of hydrogen-bond donors (Lipinski definition) is 2. The van der Waals surface area contributed by atoms with Gasteiger partial charge in [0, 0.05) is 11.8 Å². The summed E-state index contributed by atoms with van der Waals surface area (Å²) in [7, 11) is -4.23. The van der Waals surface area contributed by atoms with Gasteiger partial charge in [-0.2, -0.15) is 4.21 Å². The van der Waals surface area contributed by atoms with E-state index in [1.807, 2.05) is 6.07 Å². The Morgan fingerprint density at radius 3 is 2.42 bits per heavy atom. The monoisotopic (exact) mass is 277 g/mol.